The minimum Gasteiger partial charge on any atom is -0.452 e. The molecule has 2 fully saturated rings. The van der Waals surface area contributed by atoms with Crippen LogP contribution in [0.2, 0.25) is 0 Å². The van der Waals surface area contributed by atoms with E-state index in [1.54, 1.807) is 12.1 Å². The van der Waals surface area contributed by atoms with E-state index in [2.05, 4.69) is 11.4 Å². The first-order chi connectivity index (χ1) is 17.3. The lowest BCUT2D eigenvalue weighted by atomic mass is 9.82. The van der Waals surface area contributed by atoms with Crippen LogP contribution in [-0.4, -0.2) is 30.3 Å². The van der Waals surface area contributed by atoms with E-state index >= 15 is 0 Å². The monoisotopic (exact) mass is 486 g/mol. The van der Waals surface area contributed by atoms with Gasteiger partial charge in [-0.1, -0.05) is 43.7 Å². The maximum Gasteiger partial charge on any atom is 0.338 e. The van der Waals surface area contributed by atoms with Crippen molar-refractivity contribution in [2.24, 2.45) is 23.7 Å². The van der Waals surface area contributed by atoms with Crippen molar-refractivity contribution in [3.8, 4) is 0 Å². The van der Waals surface area contributed by atoms with Crippen molar-refractivity contribution in [1.29, 1.82) is 0 Å². The molecule has 0 aromatic heterocycles. The molecule has 2 bridgehead atoms. The number of imide groups is 1. The van der Waals surface area contributed by atoms with Gasteiger partial charge in [-0.15, -0.1) is 0 Å². The van der Waals surface area contributed by atoms with Gasteiger partial charge in [0.15, 0.2) is 6.61 Å². The summed E-state index contributed by atoms with van der Waals surface area (Å²) in [5.74, 6) is -1.64. The molecule has 7 heteroatoms. The van der Waals surface area contributed by atoms with Crippen molar-refractivity contribution in [2.75, 3.05) is 16.8 Å². The van der Waals surface area contributed by atoms with E-state index in [1.165, 1.54) is 22.6 Å². The highest BCUT2D eigenvalue weighted by Gasteiger charge is 2.60. The number of carbonyl (C=O) groups excluding carboxylic acids is 4. The lowest BCUT2D eigenvalue weighted by Gasteiger charge is -2.19. The second kappa shape index (κ2) is 9.37. The molecule has 186 valence electrons. The van der Waals surface area contributed by atoms with Crippen molar-refractivity contribution < 1.29 is 23.9 Å². The molecule has 1 saturated heterocycles. The van der Waals surface area contributed by atoms with Crippen LogP contribution < -0.4 is 10.2 Å². The van der Waals surface area contributed by atoms with Crippen LogP contribution in [0.15, 0.2) is 54.1 Å². The third kappa shape index (κ3) is 3.92. The fourth-order valence-corrected chi connectivity index (χ4v) is 6.07. The first-order valence-electron chi connectivity index (χ1n) is 12.6. The van der Waals surface area contributed by atoms with E-state index in [0.29, 0.717) is 5.69 Å². The molecule has 36 heavy (non-hydrogen) atoms. The summed E-state index contributed by atoms with van der Waals surface area (Å²) < 4.78 is 5.22. The largest absolute Gasteiger partial charge is 0.452 e. The smallest absolute Gasteiger partial charge is 0.338 e. The van der Waals surface area contributed by atoms with Gasteiger partial charge in [-0.05, 0) is 73.4 Å². The number of allylic oxidation sites excluding steroid dienone is 2. The molecule has 2 aromatic carbocycles. The average molecular weight is 487 g/mol. The number of nitrogens with zero attached hydrogens (tertiary/aromatic N) is 1. The molecule has 0 spiro atoms. The molecular formula is C29H30N2O5. The number of aryl methyl sites for hydroxylation is 2. The predicted octanol–water partition coefficient (Wildman–Crippen LogP) is 4.31. The first kappa shape index (κ1) is 24.0. The normalized spacial score (nSPS) is 24.1. The number of ether oxygens (including phenoxy) is 1. The van der Waals surface area contributed by atoms with Crippen molar-refractivity contribution in [2.45, 2.75) is 40.0 Å². The minimum absolute atomic E-state index is 0.138. The van der Waals surface area contributed by atoms with Crippen molar-refractivity contribution in [1.82, 2.24) is 0 Å². The lowest BCUT2D eigenvalue weighted by molar-refractivity contribution is -0.123. The molecule has 5 rings (SSSR count). The minimum atomic E-state index is -0.648. The molecule has 1 N–H and O–H groups in total. The summed E-state index contributed by atoms with van der Waals surface area (Å²) in [6, 6.07) is 12.1. The number of amides is 3. The topological polar surface area (TPSA) is 92.8 Å². The van der Waals surface area contributed by atoms with E-state index in [9.17, 15) is 19.2 Å². The Balaban J connectivity index is 1.21. The Morgan fingerprint density at radius 2 is 1.61 bits per heavy atom. The fourth-order valence-electron chi connectivity index (χ4n) is 6.07. The Morgan fingerprint density at radius 3 is 2.25 bits per heavy atom. The van der Waals surface area contributed by atoms with Gasteiger partial charge in [0.1, 0.15) is 0 Å². The predicted molar refractivity (Wildman–Crippen MR) is 135 cm³/mol. The van der Waals surface area contributed by atoms with Crippen LogP contribution in [-0.2, 0) is 32.0 Å². The number of hydrogen-bond donors (Lipinski definition) is 1. The summed E-state index contributed by atoms with van der Waals surface area (Å²) in [7, 11) is 0. The van der Waals surface area contributed by atoms with Gasteiger partial charge in [-0.2, -0.15) is 0 Å². The fraction of sp³-hybridized carbons (Fsp3) is 0.379. The molecule has 0 radical (unpaired) electrons. The van der Waals surface area contributed by atoms with Crippen LogP contribution in [0.1, 0.15) is 48.7 Å². The van der Waals surface area contributed by atoms with Gasteiger partial charge in [0.25, 0.3) is 5.91 Å². The number of anilines is 2. The summed E-state index contributed by atoms with van der Waals surface area (Å²) in [5.41, 5.74) is 4.73. The number of esters is 1. The van der Waals surface area contributed by atoms with Gasteiger partial charge in [-0.3, -0.25) is 19.3 Å². The number of para-hydroxylation sites is 1. The SMILES string of the molecule is CCc1cccc(CC)c1NC(=O)COC(=O)c1ccc(N2C(=O)[C@H]3[C@H](C2=O)[C@H]2C=C(C)[C@H]3C2)cc1. The molecular weight excluding hydrogens is 456 g/mol. The summed E-state index contributed by atoms with van der Waals surface area (Å²) in [4.78, 5) is 52.5. The zero-order valence-electron chi connectivity index (χ0n) is 20.7. The molecule has 2 aromatic rings. The second-order valence-corrected chi connectivity index (χ2v) is 9.81. The zero-order valence-corrected chi connectivity index (χ0v) is 20.7. The molecule has 7 nitrogen and oxygen atoms in total. The maximum atomic E-state index is 13.1. The van der Waals surface area contributed by atoms with Crippen LogP contribution in [0.4, 0.5) is 11.4 Å². The summed E-state index contributed by atoms with van der Waals surface area (Å²) in [6.45, 7) is 5.66. The number of carbonyl (C=O) groups is 4. The molecule has 1 aliphatic heterocycles. The number of nitrogens with one attached hydrogen (secondary N) is 1. The van der Waals surface area contributed by atoms with Crippen LogP contribution in [0, 0.1) is 23.7 Å². The second-order valence-electron chi connectivity index (χ2n) is 9.81. The van der Waals surface area contributed by atoms with Gasteiger partial charge in [0.05, 0.1) is 23.1 Å². The summed E-state index contributed by atoms with van der Waals surface area (Å²) in [6.07, 6.45) is 4.57. The first-order valence-corrected chi connectivity index (χ1v) is 12.6. The number of fused-ring (bicyclic) bond motifs is 5. The lowest BCUT2D eigenvalue weighted by Crippen LogP contribution is -2.33. The molecule has 4 atom stereocenters. The Bertz CT molecular complexity index is 1260. The molecule has 1 saturated carbocycles. The Morgan fingerprint density at radius 1 is 0.972 bits per heavy atom. The van der Waals surface area contributed by atoms with Crippen molar-refractivity contribution >= 4 is 35.1 Å². The van der Waals surface area contributed by atoms with Crippen LogP contribution >= 0.6 is 0 Å². The van der Waals surface area contributed by atoms with Gasteiger partial charge in [0.2, 0.25) is 11.8 Å². The van der Waals surface area contributed by atoms with Crippen molar-refractivity contribution in [3.05, 3.63) is 70.8 Å². The van der Waals surface area contributed by atoms with E-state index in [-0.39, 0.29) is 41.0 Å². The Labute approximate surface area is 210 Å². The highest BCUT2D eigenvalue weighted by Crippen LogP contribution is 2.55. The van der Waals surface area contributed by atoms with Crippen molar-refractivity contribution in [3.63, 3.8) is 0 Å². The van der Waals surface area contributed by atoms with E-state index < -0.39 is 18.5 Å². The standard InChI is InChI=1S/C29H30N2O5/c1-4-17-7-6-8-18(5-2)26(17)30-23(32)15-36-29(35)19-9-11-21(12-10-19)31-27(33)24-20-13-16(3)22(14-20)25(24)28(31)34/h6-13,20,22,24-25H,4-5,14-15H2,1-3H3,(H,30,32)/t20-,22+,24+,25+/m0/s1. The molecule has 3 amide bonds. The Kier molecular flexibility index (Phi) is 6.24. The molecule has 0 unspecified atom stereocenters. The van der Waals surface area contributed by atoms with Gasteiger partial charge in [-0.25, -0.2) is 4.79 Å². The zero-order chi connectivity index (χ0) is 25.6. The quantitative estimate of drug-likeness (QED) is 0.358. The van der Waals surface area contributed by atoms with Crippen LogP contribution in [0.3, 0.4) is 0 Å². The molecule has 3 aliphatic rings. The van der Waals surface area contributed by atoms with E-state index in [0.717, 1.165) is 36.1 Å². The number of hydrogen-bond acceptors (Lipinski definition) is 5. The maximum absolute atomic E-state index is 13.1. The Hall–Kier alpha value is -3.74. The number of rotatable bonds is 7. The summed E-state index contributed by atoms with van der Waals surface area (Å²) >= 11 is 0. The van der Waals surface area contributed by atoms with Gasteiger partial charge in [0, 0.05) is 5.69 Å². The van der Waals surface area contributed by atoms with Crippen LogP contribution in [0.5, 0.6) is 0 Å². The van der Waals surface area contributed by atoms with E-state index in [4.69, 9.17) is 4.74 Å². The third-order valence-corrected chi connectivity index (χ3v) is 7.84. The van der Waals surface area contributed by atoms with Crippen LogP contribution in [0.25, 0.3) is 0 Å². The van der Waals surface area contributed by atoms with E-state index in [1.807, 2.05) is 39.0 Å². The highest BCUT2D eigenvalue weighted by molar-refractivity contribution is 6.23. The third-order valence-electron chi connectivity index (χ3n) is 7.84. The molecule has 1 heterocycles. The van der Waals surface area contributed by atoms with Gasteiger partial charge < -0.3 is 10.1 Å². The molecule has 2 aliphatic carbocycles. The number of benzene rings is 2. The highest BCUT2D eigenvalue weighted by atomic mass is 16.5. The summed E-state index contributed by atoms with van der Waals surface area (Å²) in [5, 5.41) is 2.88. The van der Waals surface area contributed by atoms with Gasteiger partial charge >= 0.3 is 5.97 Å². The average Bonchev–Trinajstić information content (AvgIpc) is 3.52.